The lowest BCUT2D eigenvalue weighted by Crippen LogP contribution is -2.43. The van der Waals surface area contributed by atoms with Crippen molar-refractivity contribution < 1.29 is 22.8 Å². The van der Waals surface area contributed by atoms with Crippen LogP contribution in [0.1, 0.15) is 25.8 Å². The summed E-state index contributed by atoms with van der Waals surface area (Å²) in [4.78, 5) is 23.1. The molecule has 3 N–H and O–H groups in total. The van der Waals surface area contributed by atoms with Gasteiger partial charge in [0.05, 0.1) is 17.1 Å². The highest BCUT2D eigenvalue weighted by Crippen LogP contribution is 2.36. The highest BCUT2D eigenvalue weighted by atomic mass is 35.5. The maximum absolute atomic E-state index is 12.7. The molecule has 0 aliphatic rings. The lowest BCUT2D eigenvalue weighted by atomic mass is 10.2. The van der Waals surface area contributed by atoms with Gasteiger partial charge in [-0.3, -0.25) is 4.79 Å². The normalized spacial score (nSPS) is 12.4. The lowest BCUT2D eigenvalue weighted by molar-refractivity contribution is -0.137. The Hall–Kier alpha value is -1.96. The molecule has 0 radical (unpaired) electrons. The molecular formula is C14H17ClF3N3O2. The molecule has 0 bridgehead atoms. The van der Waals surface area contributed by atoms with Gasteiger partial charge in [0.15, 0.2) is 0 Å². The van der Waals surface area contributed by atoms with Gasteiger partial charge in [-0.15, -0.1) is 0 Å². The van der Waals surface area contributed by atoms with Crippen LogP contribution in [0, 0.1) is 0 Å². The zero-order chi connectivity index (χ0) is 17.6. The van der Waals surface area contributed by atoms with Gasteiger partial charge in [-0.05, 0) is 31.5 Å². The molecule has 1 rings (SSSR count). The number of amides is 3. The molecule has 9 heteroatoms. The van der Waals surface area contributed by atoms with Crippen LogP contribution >= 0.6 is 11.6 Å². The van der Waals surface area contributed by atoms with Crippen molar-refractivity contribution in [3.8, 4) is 0 Å². The van der Waals surface area contributed by atoms with Gasteiger partial charge in [0.2, 0.25) is 5.91 Å². The minimum Gasteiger partial charge on any atom is -0.336 e. The van der Waals surface area contributed by atoms with Crippen molar-refractivity contribution in [3.05, 3.63) is 28.8 Å². The summed E-state index contributed by atoms with van der Waals surface area (Å²) in [6.45, 7) is 3.31. The van der Waals surface area contributed by atoms with E-state index in [4.69, 9.17) is 11.6 Å². The van der Waals surface area contributed by atoms with Crippen LogP contribution in [0.3, 0.4) is 0 Å². The summed E-state index contributed by atoms with van der Waals surface area (Å²) in [6, 6.07) is 2.45. The third-order valence-electron chi connectivity index (χ3n) is 2.95. The first-order chi connectivity index (χ1) is 10.6. The summed E-state index contributed by atoms with van der Waals surface area (Å²) in [7, 11) is 0. The average Bonchev–Trinajstić information content (AvgIpc) is 2.46. The average molecular weight is 352 g/mol. The number of hydrogen-bond donors (Lipinski definition) is 3. The number of urea groups is 1. The van der Waals surface area contributed by atoms with Crippen molar-refractivity contribution in [3.63, 3.8) is 0 Å². The summed E-state index contributed by atoms with van der Waals surface area (Å²) >= 11 is 5.48. The van der Waals surface area contributed by atoms with Crippen molar-refractivity contribution in [2.75, 3.05) is 11.9 Å². The molecule has 1 aromatic rings. The molecule has 0 aliphatic heterocycles. The minimum atomic E-state index is -4.62. The number of hydrogen-bond acceptors (Lipinski definition) is 2. The number of carbonyl (C=O) groups is 2. The SMILES string of the molecule is CCC(C)NC(=O)NCC(=O)Nc1ccc(Cl)c(C(F)(F)F)c1. The zero-order valence-corrected chi connectivity index (χ0v) is 13.3. The topological polar surface area (TPSA) is 70.2 Å². The fourth-order valence-corrected chi connectivity index (χ4v) is 1.79. The van der Waals surface area contributed by atoms with E-state index in [-0.39, 0.29) is 18.3 Å². The Bertz CT molecular complexity index is 579. The summed E-state index contributed by atoms with van der Waals surface area (Å²) in [5, 5.41) is 6.71. The molecular weight excluding hydrogens is 335 g/mol. The summed E-state index contributed by atoms with van der Waals surface area (Å²) in [5.41, 5.74) is -1.10. The van der Waals surface area contributed by atoms with Crippen LogP contribution in [-0.2, 0) is 11.0 Å². The molecule has 23 heavy (non-hydrogen) atoms. The first-order valence-corrected chi connectivity index (χ1v) is 7.22. The zero-order valence-electron chi connectivity index (χ0n) is 12.6. The van der Waals surface area contributed by atoms with E-state index in [1.807, 2.05) is 6.92 Å². The lowest BCUT2D eigenvalue weighted by Gasteiger charge is -2.13. The van der Waals surface area contributed by atoms with Gasteiger partial charge in [0, 0.05) is 11.7 Å². The minimum absolute atomic E-state index is 0.0522. The quantitative estimate of drug-likeness (QED) is 0.761. The van der Waals surface area contributed by atoms with Gasteiger partial charge in [-0.25, -0.2) is 4.79 Å². The standard InChI is InChI=1S/C14H17ClF3N3O2/c1-3-8(2)20-13(23)19-7-12(22)21-9-4-5-11(15)10(6-9)14(16,17)18/h4-6,8H,3,7H2,1-2H3,(H,21,22)(H2,19,20,23). The van der Waals surface area contributed by atoms with E-state index >= 15 is 0 Å². The number of carbonyl (C=O) groups excluding carboxylic acids is 2. The number of anilines is 1. The molecule has 1 unspecified atom stereocenters. The summed E-state index contributed by atoms with van der Waals surface area (Å²) in [5.74, 6) is -0.653. The molecule has 0 spiro atoms. The highest BCUT2D eigenvalue weighted by Gasteiger charge is 2.33. The Balaban J connectivity index is 2.60. The first-order valence-electron chi connectivity index (χ1n) is 6.84. The molecule has 128 valence electrons. The van der Waals surface area contributed by atoms with E-state index in [9.17, 15) is 22.8 Å². The second-order valence-electron chi connectivity index (χ2n) is 4.88. The van der Waals surface area contributed by atoms with E-state index in [1.165, 1.54) is 6.07 Å². The Morgan fingerprint density at radius 3 is 2.52 bits per heavy atom. The maximum atomic E-state index is 12.7. The van der Waals surface area contributed by atoms with E-state index in [1.54, 1.807) is 6.92 Å². The monoisotopic (exact) mass is 351 g/mol. The van der Waals surface area contributed by atoms with E-state index in [0.29, 0.717) is 0 Å². The van der Waals surface area contributed by atoms with Crippen LogP contribution in [-0.4, -0.2) is 24.5 Å². The number of halogens is 4. The highest BCUT2D eigenvalue weighted by molar-refractivity contribution is 6.31. The summed E-state index contributed by atoms with van der Waals surface area (Å²) < 4.78 is 38.1. The Morgan fingerprint density at radius 1 is 1.30 bits per heavy atom. The van der Waals surface area contributed by atoms with E-state index in [0.717, 1.165) is 18.6 Å². The van der Waals surface area contributed by atoms with Gasteiger partial charge in [0.1, 0.15) is 0 Å². The predicted octanol–water partition coefficient (Wildman–Crippen LogP) is 3.40. The summed E-state index contributed by atoms with van der Waals surface area (Å²) in [6.07, 6.45) is -3.89. The van der Waals surface area contributed by atoms with Crippen molar-refractivity contribution in [1.29, 1.82) is 0 Å². The number of alkyl halides is 3. The first kappa shape index (κ1) is 19.1. The third kappa shape index (κ3) is 6.35. The van der Waals surface area contributed by atoms with Crippen molar-refractivity contribution in [1.82, 2.24) is 10.6 Å². The second-order valence-corrected chi connectivity index (χ2v) is 5.28. The Morgan fingerprint density at radius 2 is 1.96 bits per heavy atom. The Labute approximate surface area is 136 Å². The molecule has 0 saturated carbocycles. The van der Waals surface area contributed by atoms with Gasteiger partial charge >= 0.3 is 12.2 Å². The predicted molar refractivity (Wildman–Crippen MR) is 81.4 cm³/mol. The van der Waals surface area contributed by atoms with E-state index < -0.39 is 28.7 Å². The van der Waals surface area contributed by atoms with Gasteiger partial charge in [-0.1, -0.05) is 18.5 Å². The van der Waals surface area contributed by atoms with Crippen molar-refractivity contribution >= 4 is 29.2 Å². The van der Waals surface area contributed by atoms with Crippen LogP contribution in [0.15, 0.2) is 18.2 Å². The largest absolute Gasteiger partial charge is 0.417 e. The van der Waals surface area contributed by atoms with Crippen LogP contribution < -0.4 is 16.0 Å². The smallest absolute Gasteiger partial charge is 0.336 e. The molecule has 5 nitrogen and oxygen atoms in total. The van der Waals surface area contributed by atoms with E-state index in [2.05, 4.69) is 16.0 Å². The van der Waals surface area contributed by atoms with Gasteiger partial charge < -0.3 is 16.0 Å². The fraction of sp³-hybridized carbons (Fsp3) is 0.429. The number of nitrogens with one attached hydrogen (secondary N) is 3. The Kier molecular flexibility index (Phi) is 6.68. The maximum Gasteiger partial charge on any atom is 0.417 e. The van der Waals surface area contributed by atoms with Crippen LogP contribution in [0.4, 0.5) is 23.7 Å². The van der Waals surface area contributed by atoms with Crippen LogP contribution in [0.5, 0.6) is 0 Å². The number of benzene rings is 1. The van der Waals surface area contributed by atoms with Gasteiger partial charge in [-0.2, -0.15) is 13.2 Å². The third-order valence-corrected chi connectivity index (χ3v) is 3.28. The fourth-order valence-electron chi connectivity index (χ4n) is 1.56. The van der Waals surface area contributed by atoms with Crippen molar-refractivity contribution in [2.24, 2.45) is 0 Å². The number of rotatable bonds is 5. The molecule has 0 saturated heterocycles. The van der Waals surface area contributed by atoms with Gasteiger partial charge in [0.25, 0.3) is 0 Å². The van der Waals surface area contributed by atoms with Crippen molar-refractivity contribution in [2.45, 2.75) is 32.5 Å². The molecule has 0 aromatic heterocycles. The second kappa shape index (κ2) is 8.05. The molecule has 0 aliphatic carbocycles. The molecule has 1 atom stereocenters. The molecule has 3 amide bonds. The molecule has 0 heterocycles. The van der Waals surface area contributed by atoms with Crippen LogP contribution in [0.2, 0.25) is 5.02 Å². The molecule has 0 fully saturated rings. The molecule has 1 aromatic carbocycles. The van der Waals surface area contributed by atoms with Crippen LogP contribution in [0.25, 0.3) is 0 Å².